The van der Waals surface area contributed by atoms with Crippen LogP contribution in [0.5, 0.6) is 0 Å². The van der Waals surface area contributed by atoms with Gasteiger partial charge in [0.2, 0.25) is 0 Å². The molecule has 0 radical (unpaired) electrons. The molecule has 0 amide bonds. The molecule has 4 nitrogen and oxygen atoms in total. The molecule has 8 heavy (non-hydrogen) atoms. The van der Waals surface area contributed by atoms with Gasteiger partial charge in [-0.25, -0.2) is 4.99 Å². The third kappa shape index (κ3) is 4.68. The maximum Gasteiger partial charge on any atom is 0.108 e. The van der Waals surface area contributed by atoms with Crippen molar-refractivity contribution in [3.63, 3.8) is 0 Å². The van der Waals surface area contributed by atoms with Crippen LogP contribution in [-0.2, 0) is 0 Å². The number of hydrogen-bond donors (Lipinski definition) is 3. The molecule has 0 fully saturated rings. The molecule has 0 spiro atoms. The number of rotatable bonds is 4. The molecule has 0 saturated heterocycles. The fourth-order valence-electron chi connectivity index (χ4n) is 0.171. The SMILES string of the molecule is C=CNNC=NC=N. The lowest BCUT2D eigenvalue weighted by molar-refractivity contribution is 0.838. The number of hydrogen-bond acceptors (Lipinski definition) is 2. The van der Waals surface area contributed by atoms with Crippen LogP contribution in [0.25, 0.3) is 0 Å². The van der Waals surface area contributed by atoms with Crippen molar-refractivity contribution >= 4 is 12.7 Å². The van der Waals surface area contributed by atoms with E-state index in [1.807, 2.05) is 0 Å². The average Bonchev–Trinajstić information content (AvgIpc) is 1.81. The monoisotopic (exact) mass is 112 g/mol. The molecule has 3 N–H and O–H groups in total. The first-order chi connectivity index (χ1) is 3.91. The van der Waals surface area contributed by atoms with Crippen LogP contribution in [0.1, 0.15) is 0 Å². The van der Waals surface area contributed by atoms with Crippen LogP contribution in [0.4, 0.5) is 0 Å². The highest BCUT2D eigenvalue weighted by Crippen LogP contribution is 1.46. The first-order valence-electron chi connectivity index (χ1n) is 2.04. The van der Waals surface area contributed by atoms with Gasteiger partial charge in [0, 0.05) is 6.20 Å². The highest BCUT2D eigenvalue weighted by Gasteiger charge is 1.60. The van der Waals surface area contributed by atoms with Crippen LogP contribution in [0.2, 0.25) is 0 Å². The maximum absolute atomic E-state index is 6.42. The second kappa shape index (κ2) is 5.68. The quantitative estimate of drug-likeness (QED) is 0.205. The average molecular weight is 112 g/mol. The Morgan fingerprint density at radius 2 is 2.25 bits per heavy atom. The van der Waals surface area contributed by atoms with E-state index in [-0.39, 0.29) is 0 Å². The van der Waals surface area contributed by atoms with Crippen LogP contribution < -0.4 is 10.9 Å². The Labute approximate surface area is 47.8 Å². The molecule has 0 saturated carbocycles. The van der Waals surface area contributed by atoms with Crippen molar-refractivity contribution in [1.29, 1.82) is 5.41 Å². The van der Waals surface area contributed by atoms with E-state index in [1.54, 1.807) is 0 Å². The Balaban J connectivity index is 3.02. The van der Waals surface area contributed by atoms with Gasteiger partial charge in [-0.1, -0.05) is 6.58 Å². The van der Waals surface area contributed by atoms with E-state index in [0.717, 1.165) is 6.34 Å². The zero-order chi connectivity index (χ0) is 6.24. The molecule has 4 heteroatoms. The molecule has 44 valence electrons. The lowest BCUT2D eigenvalue weighted by atomic mass is 11.1. The van der Waals surface area contributed by atoms with Gasteiger partial charge in [-0.05, 0) is 0 Å². The number of hydrazine groups is 1. The molecule has 0 bridgehead atoms. The maximum atomic E-state index is 6.42. The summed E-state index contributed by atoms with van der Waals surface area (Å²) < 4.78 is 0. The number of nitrogens with one attached hydrogen (secondary N) is 3. The molecular formula is C4H8N4. The van der Waals surface area contributed by atoms with Gasteiger partial charge in [0.1, 0.15) is 12.7 Å². The number of nitrogens with zero attached hydrogens (tertiary/aromatic N) is 1. The first kappa shape index (κ1) is 6.68. The summed E-state index contributed by atoms with van der Waals surface area (Å²) in [5, 5.41) is 6.42. The summed E-state index contributed by atoms with van der Waals surface area (Å²) in [6, 6.07) is 0. The molecule has 0 heterocycles. The van der Waals surface area contributed by atoms with E-state index in [2.05, 4.69) is 22.4 Å². The second-order valence-electron chi connectivity index (χ2n) is 0.900. The van der Waals surface area contributed by atoms with Gasteiger partial charge in [-0.15, -0.1) is 0 Å². The normalized spacial score (nSPS) is 8.50. The highest BCUT2D eigenvalue weighted by atomic mass is 15.3. The van der Waals surface area contributed by atoms with Crippen molar-refractivity contribution in [2.24, 2.45) is 4.99 Å². The Hall–Kier alpha value is -1.32. The van der Waals surface area contributed by atoms with Gasteiger partial charge >= 0.3 is 0 Å². The van der Waals surface area contributed by atoms with Gasteiger partial charge in [0.15, 0.2) is 0 Å². The third-order valence-corrected chi connectivity index (χ3v) is 0.399. The van der Waals surface area contributed by atoms with Crippen LogP contribution >= 0.6 is 0 Å². The van der Waals surface area contributed by atoms with Crippen molar-refractivity contribution in [1.82, 2.24) is 10.9 Å². The molecule has 0 aliphatic heterocycles. The zero-order valence-corrected chi connectivity index (χ0v) is 4.39. The van der Waals surface area contributed by atoms with E-state index >= 15 is 0 Å². The van der Waals surface area contributed by atoms with Crippen LogP contribution in [0.15, 0.2) is 17.8 Å². The van der Waals surface area contributed by atoms with E-state index in [4.69, 9.17) is 5.41 Å². The van der Waals surface area contributed by atoms with Gasteiger partial charge in [-0.3, -0.25) is 10.8 Å². The van der Waals surface area contributed by atoms with E-state index in [0.29, 0.717) is 0 Å². The van der Waals surface area contributed by atoms with Gasteiger partial charge in [0.05, 0.1) is 0 Å². The van der Waals surface area contributed by atoms with Crippen molar-refractivity contribution < 1.29 is 0 Å². The molecule has 0 unspecified atom stereocenters. The summed E-state index contributed by atoms with van der Waals surface area (Å²) in [5.74, 6) is 0. The predicted molar refractivity (Wildman–Crippen MR) is 33.7 cm³/mol. The molecule has 0 aliphatic rings. The van der Waals surface area contributed by atoms with E-state index < -0.39 is 0 Å². The van der Waals surface area contributed by atoms with Crippen molar-refractivity contribution in [2.75, 3.05) is 0 Å². The molecule has 0 rings (SSSR count). The lowest BCUT2D eigenvalue weighted by Gasteiger charge is -1.92. The minimum absolute atomic E-state index is 0.928. The van der Waals surface area contributed by atoms with Crippen LogP contribution in [0, 0.1) is 5.41 Å². The molecule has 0 aliphatic carbocycles. The Kier molecular flexibility index (Phi) is 4.74. The van der Waals surface area contributed by atoms with Gasteiger partial charge < -0.3 is 5.43 Å². The second-order valence-corrected chi connectivity index (χ2v) is 0.900. The minimum atomic E-state index is 0.928. The summed E-state index contributed by atoms with van der Waals surface area (Å²) in [6.45, 7) is 3.37. The summed E-state index contributed by atoms with van der Waals surface area (Å²) in [4.78, 5) is 3.40. The summed E-state index contributed by atoms with van der Waals surface area (Å²) in [5.41, 5.74) is 5.07. The Morgan fingerprint density at radius 1 is 1.50 bits per heavy atom. The van der Waals surface area contributed by atoms with Gasteiger partial charge in [0.25, 0.3) is 0 Å². The molecule has 0 aromatic heterocycles. The first-order valence-corrected chi connectivity index (χ1v) is 2.04. The van der Waals surface area contributed by atoms with Crippen LogP contribution in [-0.4, -0.2) is 12.7 Å². The summed E-state index contributed by atoms with van der Waals surface area (Å²) in [7, 11) is 0. The van der Waals surface area contributed by atoms with E-state index in [1.165, 1.54) is 12.5 Å². The molecule has 0 aromatic carbocycles. The lowest BCUT2D eigenvalue weighted by Crippen LogP contribution is -2.24. The smallest absolute Gasteiger partial charge is 0.108 e. The minimum Gasteiger partial charge on any atom is -0.308 e. The third-order valence-electron chi connectivity index (χ3n) is 0.399. The fourth-order valence-corrected chi connectivity index (χ4v) is 0.171. The summed E-state index contributed by atoms with van der Waals surface area (Å²) in [6.07, 6.45) is 3.74. The predicted octanol–water partition coefficient (Wildman–Crippen LogP) is -0.141. The Morgan fingerprint density at radius 3 is 2.75 bits per heavy atom. The zero-order valence-electron chi connectivity index (χ0n) is 4.39. The summed E-state index contributed by atoms with van der Waals surface area (Å²) >= 11 is 0. The van der Waals surface area contributed by atoms with Crippen molar-refractivity contribution in [3.8, 4) is 0 Å². The largest absolute Gasteiger partial charge is 0.308 e. The standard InChI is InChI=1S/C4H8N4/c1-2-7-8-4-6-3-5/h2-4,7H,1H2,(H2,5,6,8). The highest BCUT2D eigenvalue weighted by molar-refractivity contribution is 5.68. The van der Waals surface area contributed by atoms with Crippen molar-refractivity contribution in [3.05, 3.63) is 12.8 Å². The molecule has 0 atom stereocenters. The molecule has 0 aromatic rings. The number of aliphatic imine (C=N–C) groups is 1. The molecular weight excluding hydrogens is 104 g/mol. The van der Waals surface area contributed by atoms with Crippen LogP contribution in [0.3, 0.4) is 0 Å². The topological polar surface area (TPSA) is 60.3 Å². The van der Waals surface area contributed by atoms with E-state index in [9.17, 15) is 0 Å². The fraction of sp³-hybridized carbons (Fsp3) is 0. The van der Waals surface area contributed by atoms with Gasteiger partial charge in [-0.2, -0.15) is 0 Å². The Bertz CT molecular complexity index is 96.2. The van der Waals surface area contributed by atoms with Crippen molar-refractivity contribution in [2.45, 2.75) is 0 Å².